The van der Waals surface area contributed by atoms with Gasteiger partial charge >= 0.3 is 0 Å². The molecule has 164 valence electrons. The Balaban J connectivity index is 1.75. The van der Waals surface area contributed by atoms with Crippen LogP contribution < -0.4 is 15.4 Å². The lowest BCUT2D eigenvalue weighted by molar-refractivity contribution is -0.116. The molecule has 1 saturated heterocycles. The predicted octanol–water partition coefficient (Wildman–Crippen LogP) is 4.36. The molecule has 3 N–H and O–H groups in total. The summed E-state index contributed by atoms with van der Waals surface area (Å²) in [7, 11) is 0. The Hall–Kier alpha value is -3.26. The van der Waals surface area contributed by atoms with Crippen molar-refractivity contribution in [2.45, 2.75) is 45.8 Å². The Morgan fingerprint density at radius 2 is 2.13 bits per heavy atom. The summed E-state index contributed by atoms with van der Waals surface area (Å²) >= 11 is 0. The van der Waals surface area contributed by atoms with E-state index in [-0.39, 0.29) is 23.8 Å². The molecule has 0 saturated carbocycles. The van der Waals surface area contributed by atoms with Crippen LogP contribution in [0, 0.1) is 11.3 Å². The van der Waals surface area contributed by atoms with E-state index in [9.17, 15) is 9.59 Å². The summed E-state index contributed by atoms with van der Waals surface area (Å²) in [5, 5.41) is 14.1. The van der Waals surface area contributed by atoms with Gasteiger partial charge in [-0.3, -0.25) is 20.0 Å². The first kappa shape index (κ1) is 22.4. The number of aldehydes is 1. The normalized spacial score (nSPS) is 15.9. The van der Waals surface area contributed by atoms with Crippen molar-refractivity contribution in [2.24, 2.45) is 5.92 Å². The van der Waals surface area contributed by atoms with Crippen molar-refractivity contribution >= 4 is 29.3 Å². The maximum absolute atomic E-state index is 12.0. The van der Waals surface area contributed by atoms with Gasteiger partial charge in [0.1, 0.15) is 23.4 Å². The molecule has 0 spiro atoms. The molecule has 1 aliphatic heterocycles. The number of ether oxygens (including phenoxy) is 2. The molecule has 2 aromatic rings. The Labute approximate surface area is 181 Å². The van der Waals surface area contributed by atoms with Crippen molar-refractivity contribution in [1.29, 1.82) is 5.41 Å². The van der Waals surface area contributed by atoms with Crippen LogP contribution >= 0.6 is 0 Å². The van der Waals surface area contributed by atoms with Crippen LogP contribution in [0.25, 0.3) is 0 Å². The van der Waals surface area contributed by atoms with Gasteiger partial charge in [-0.15, -0.1) is 0 Å². The first-order valence-corrected chi connectivity index (χ1v) is 10.4. The van der Waals surface area contributed by atoms with Crippen LogP contribution in [0.5, 0.6) is 11.5 Å². The second-order valence-electron chi connectivity index (χ2n) is 7.90. The van der Waals surface area contributed by atoms with Gasteiger partial charge in [0.15, 0.2) is 6.29 Å². The van der Waals surface area contributed by atoms with Crippen molar-refractivity contribution in [3.63, 3.8) is 0 Å². The summed E-state index contributed by atoms with van der Waals surface area (Å²) in [6.07, 6.45) is 6.82. The smallest absolute Gasteiger partial charge is 0.224 e. The summed E-state index contributed by atoms with van der Waals surface area (Å²) in [4.78, 5) is 27.4. The number of aromatic nitrogens is 1. The maximum atomic E-state index is 12.0. The van der Waals surface area contributed by atoms with Crippen molar-refractivity contribution < 1.29 is 19.1 Å². The third kappa shape index (κ3) is 6.62. The lowest BCUT2D eigenvalue weighted by atomic mass is 10.1. The standard InChI is InChI=1S/C23H28N4O4/c1-15(2)9-22(29)26-16-10-18(13-25-12-16)31-17-6-7-21(19(11-17)20(24)14-28)27-23-5-3-4-8-30-23/h6-7,10-15,23-24,27H,3-5,8-9H2,1-2H3,(H,26,29). The number of amides is 1. The van der Waals surface area contributed by atoms with Gasteiger partial charge < -0.3 is 20.1 Å². The minimum absolute atomic E-state index is 0.0870. The molecule has 31 heavy (non-hydrogen) atoms. The summed E-state index contributed by atoms with van der Waals surface area (Å²) in [6, 6.07) is 6.82. The van der Waals surface area contributed by atoms with Gasteiger partial charge in [0, 0.05) is 30.3 Å². The Kier molecular flexibility index (Phi) is 7.72. The van der Waals surface area contributed by atoms with Crippen LogP contribution in [0.2, 0.25) is 0 Å². The van der Waals surface area contributed by atoms with E-state index < -0.39 is 0 Å². The topological polar surface area (TPSA) is 113 Å². The van der Waals surface area contributed by atoms with Crippen molar-refractivity contribution in [1.82, 2.24) is 4.98 Å². The lowest BCUT2D eigenvalue weighted by Gasteiger charge is -2.25. The number of hydrogen-bond donors (Lipinski definition) is 3. The third-order valence-electron chi connectivity index (χ3n) is 4.72. The molecule has 1 aromatic heterocycles. The molecule has 3 rings (SSSR count). The monoisotopic (exact) mass is 424 g/mol. The molecule has 1 fully saturated rings. The zero-order valence-corrected chi connectivity index (χ0v) is 17.8. The predicted molar refractivity (Wildman–Crippen MR) is 119 cm³/mol. The van der Waals surface area contributed by atoms with Crippen LogP contribution in [0.1, 0.15) is 45.1 Å². The molecule has 2 heterocycles. The largest absolute Gasteiger partial charge is 0.456 e. The second kappa shape index (κ2) is 10.7. The first-order valence-electron chi connectivity index (χ1n) is 10.4. The average molecular weight is 425 g/mol. The number of hydrogen-bond acceptors (Lipinski definition) is 7. The zero-order valence-electron chi connectivity index (χ0n) is 17.8. The number of carbonyl (C=O) groups excluding carboxylic acids is 2. The molecule has 1 aliphatic rings. The zero-order chi connectivity index (χ0) is 22.2. The van der Waals surface area contributed by atoms with Crippen LogP contribution in [0.3, 0.4) is 0 Å². The minimum Gasteiger partial charge on any atom is -0.456 e. The Morgan fingerprint density at radius 1 is 1.29 bits per heavy atom. The van der Waals surface area contributed by atoms with Gasteiger partial charge in [0.2, 0.25) is 5.91 Å². The van der Waals surface area contributed by atoms with Crippen LogP contribution in [-0.2, 0) is 14.3 Å². The fourth-order valence-corrected chi connectivity index (χ4v) is 3.29. The van der Waals surface area contributed by atoms with Crippen LogP contribution in [0.4, 0.5) is 11.4 Å². The number of anilines is 2. The van der Waals surface area contributed by atoms with Crippen LogP contribution in [-0.4, -0.2) is 35.7 Å². The number of rotatable bonds is 9. The summed E-state index contributed by atoms with van der Waals surface area (Å²) in [5.74, 6) is 1.05. The SMILES string of the molecule is CC(C)CC(=O)Nc1cncc(Oc2ccc(NC3CCCCO3)c(C(=N)C=O)c2)c1. The maximum Gasteiger partial charge on any atom is 0.224 e. The molecule has 1 aromatic carbocycles. The number of carbonyl (C=O) groups is 2. The quantitative estimate of drug-likeness (QED) is 0.407. The number of nitrogens with one attached hydrogen (secondary N) is 3. The molecule has 8 nitrogen and oxygen atoms in total. The summed E-state index contributed by atoms with van der Waals surface area (Å²) in [6.45, 7) is 4.64. The van der Waals surface area contributed by atoms with E-state index in [1.54, 1.807) is 30.5 Å². The first-order chi connectivity index (χ1) is 14.9. The molecule has 0 bridgehead atoms. The highest BCUT2D eigenvalue weighted by molar-refractivity contribution is 6.36. The molecule has 0 radical (unpaired) electrons. The molecule has 1 amide bonds. The summed E-state index contributed by atoms with van der Waals surface area (Å²) < 4.78 is 11.6. The highest BCUT2D eigenvalue weighted by atomic mass is 16.5. The molecule has 8 heteroatoms. The Bertz CT molecular complexity index is 939. The van der Waals surface area contributed by atoms with Crippen molar-refractivity contribution in [3.05, 3.63) is 42.2 Å². The minimum atomic E-state index is -0.156. The fraction of sp³-hybridized carbons (Fsp3) is 0.391. The fourth-order valence-electron chi connectivity index (χ4n) is 3.29. The van der Waals surface area contributed by atoms with E-state index in [0.717, 1.165) is 19.3 Å². The molecular formula is C23H28N4O4. The van der Waals surface area contributed by atoms with Crippen molar-refractivity contribution in [3.8, 4) is 11.5 Å². The highest BCUT2D eigenvalue weighted by Gasteiger charge is 2.17. The van der Waals surface area contributed by atoms with E-state index in [0.29, 0.717) is 47.8 Å². The van der Waals surface area contributed by atoms with E-state index >= 15 is 0 Å². The molecule has 0 aliphatic carbocycles. The van der Waals surface area contributed by atoms with Gasteiger partial charge in [-0.2, -0.15) is 0 Å². The van der Waals surface area contributed by atoms with Gasteiger partial charge in [-0.25, -0.2) is 0 Å². The van der Waals surface area contributed by atoms with Gasteiger partial charge in [-0.1, -0.05) is 13.8 Å². The Morgan fingerprint density at radius 3 is 2.84 bits per heavy atom. The van der Waals surface area contributed by atoms with Gasteiger partial charge in [0.25, 0.3) is 0 Å². The van der Waals surface area contributed by atoms with E-state index in [4.69, 9.17) is 14.9 Å². The van der Waals surface area contributed by atoms with Gasteiger partial charge in [-0.05, 0) is 43.4 Å². The van der Waals surface area contributed by atoms with E-state index in [1.165, 1.54) is 6.20 Å². The van der Waals surface area contributed by atoms with Gasteiger partial charge in [0.05, 0.1) is 18.1 Å². The highest BCUT2D eigenvalue weighted by Crippen LogP contribution is 2.29. The second-order valence-corrected chi connectivity index (χ2v) is 7.90. The average Bonchev–Trinajstić information content (AvgIpc) is 2.74. The molecule has 1 unspecified atom stereocenters. The van der Waals surface area contributed by atoms with E-state index in [1.807, 2.05) is 13.8 Å². The van der Waals surface area contributed by atoms with Crippen LogP contribution in [0.15, 0.2) is 36.7 Å². The summed E-state index contributed by atoms with van der Waals surface area (Å²) in [5.41, 5.74) is 1.45. The third-order valence-corrected chi connectivity index (χ3v) is 4.72. The number of benzene rings is 1. The van der Waals surface area contributed by atoms with E-state index in [2.05, 4.69) is 15.6 Å². The molecule has 1 atom stereocenters. The number of nitrogens with zero attached hydrogens (tertiary/aromatic N) is 1. The lowest BCUT2D eigenvalue weighted by Crippen LogP contribution is -2.28. The number of pyridine rings is 1. The van der Waals surface area contributed by atoms with Crippen molar-refractivity contribution in [2.75, 3.05) is 17.2 Å². The molecular weight excluding hydrogens is 396 g/mol.